The maximum Gasteiger partial charge on any atom is 0.308 e. The van der Waals surface area contributed by atoms with Gasteiger partial charge in [-0.3, -0.25) is 9.59 Å². The zero-order chi connectivity index (χ0) is 16.6. The van der Waals surface area contributed by atoms with Crippen molar-refractivity contribution in [3.8, 4) is 0 Å². The highest BCUT2D eigenvalue weighted by Gasteiger charge is 2.35. The molecule has 0 unspecified atom stereocenters. The van der Waals surface area contributed by atoms with E-state index >= 15 is 0 Å². The van der Waals surface area contributed by atoms with E-state index in [4.69, 9.17) is 5.11 Å². The lowest BCUT2D eigenvalue weighted by Gasteiger charge is -2.18. The van der Waals surface area contributed by atoms with Crippen molar-refractivity contribution in [2.45, 2.75) is 24.2 Å². The van der Waals surface area contributed by atoms with Gasteiger partial charge in [0.1, 0.15) is 0 Å². The lowest BCUT2D eigenvalue weighted by atomic mass is 10.1. The number of carbonyl (C=O) groups is 2. The fourth-order valence-electron chi connectivity index (χ4n) is 3.00. The monoisotopic (exact) mass is 338 g/mol. The average molecular weight is 338 g/mol. The second-order valence-corrected chi connectivity index (χ2v) is 7.79. The summed E-state index contributed by atoms with van der Waals surface area (Å²) in [5, 5.41) is 9.00. The molecule has 0 spiro atoms. The van der Waals surface area contributed by atoms with Gasteiger partial charge in [-0.05, 0) is 37.1 Å². The van der Waals surface area contributed by atoms with Gasteiger partial charge in [0, 0.05) is 31.7 Å². The SMILES string of the molecule is O=C(O)[C@@H]1CC(=O)N(c2ccc(S(=O)(=O)N3CCCC3)cc2)C1. The molecule has 3 rings (SSSR count). The lowest BCUT2D eigenvalue weighted by Crippen LogP contribution is -2.28. The predicted molar refractivity (Wildman–Crippen MR) is 82.5 cm³/mol. The molecule has 2 aliphatic rings. The normalized spacial score (nSPS) is 22.7. The summed E-state index contributed by atoms with van der Waals surface area (Å²) in [7, 11) is -3.48. The van der Waals surface area contributed by atoms with Gasteiger partial charge >= 0.3 is 5.97 Å². The minimum atomic E-state index is -3.48. The summed E-state index contributed by atoms with van der Waals surface area (Å²) in [4.78, 5) is 24.5. The first kappa shape index (κ1) is 15.9. The molecule has 2 heterocycles. The molecule has 1 N–H and O–H groups in total. The van der Waals surface area contributed by atoms with E-state index in [1.165, 1.54) is 21.3 Å². The zero-order valence-corrected chi connectivity index (χ0v) is 13.3. The predicted octanol–water partition coefficient (Wildman–Crippen LogP) is 0.909. The molecule has 0 radical (unpaired) electrons. The molecule has 23 heavy (non-hydrogen) atoms. The molecule has 2 aliphatic heterocycles. The molecule has 0 aliphatic carbocycles. The van der Waals surface area contributed by atoms with E-state index in [9.17, 15) is 18.0 Å². The Balaban J connectivity index is 1.80. The number of amides is 1. The number of carboxylic acids is 1. The zero-order valence-electron chi connectivity index (χ0n) is 12.5. The van der Waals surface area contributed by atoms with E-state index in [1.807, 2.05) is 0 Å². The van der Waals surface area contributed by atoms with Crippen LogP contribution < -0.4 is 4.90 Å². The Bertz CT molecular complexity index is 723. The lowest BCUT2D eigenvalue weighted by molar-refractivity contribution is -0.141. The Morgan fingerprint density at radius 3 is 2.26 bits per heavy atom. The van der Waals surface area contributed by atoms with Crippen molar-refractivity contribution in [3.63, 3.8) is 0 Å². The molecular weight excluding hydrogens is 320 g/mol. The van der Waals surface area contributed by atoms with Gasteiger partial charge in [-0.15, -0.1) is 0 Å². The molecule has 0 saturated carbocycles. The van der Waals surface area contributed by atoms with Gasteiger partial charge in [0.2, 0.25) is 15.9 Å². The second kappa shape index (κ2) is 5.93. The number of carboxylic acid groups (broad SMARTS) is 1. The number of carbonyl (C=O) groups excluding carboxylic acids is 1. The van der Waals surface area contributed by atoms with Gasteiger partial charge in [0.05, 0.1) is 10.8 Å². The highest BCUT2D eigenvalue weighted by atomic mass is 32.2. The quantitative estimate of drug-likeness (QED) is 0.880. The standard InChI is InChI=1S/C15H18N2O5S/c18-14-9-11(15(19)20)10-17(14)12-3-5-13(6-4-12)23(21,22)16-7-1-2-8-16/h3-6,11H,1-2,7-10H2,(H,19,20)/t11-/m1/s1. The molecule has 0 aromatic heterocycles. The number of benzene rings is 1. The van der Waals surface area contributed by atoms with E-state index in [1.54, 1.807) is 12.1 Å². The Kier molecular flexibility index (Phi) is 4.11. The van der Waals surface area contributed by atoms with Crippen molar-refractivity contribution < 1.29 is 23.1 Å². The van der Waals surface area contributed by atoms with Crippen molar-refractivity contribution in [2.24, 2.45) is 5.92 Å². The van der Waals surface area contributed by atoms with E-state index in [2.05, 4.69) is 0 Å². The van der Waals surface area contributed by atoms with Crippen LogP contribution in [0, 0.1) is 5.92 Å². The maximum absolute atomic E-state index is 12.4. The fourth-order valence-corrected chi connectivity index (χ4v) is 4.52. The van der Waals surface area contributed by atoms with Gasteiger partial charge in [-0.25, -0.2) is 8.42 Å². The first-order chi connectivity index (χ1) is 10.9. The number of anilines is 1. The molecule has 0 bridgehead atoms. The van der Waals surface area contributed by atoms with E-state index in [0.29, 0.717) is 18.8 Å². The molecule has 7 nitrogen and oxygen atoms in total. The van der Waals surface area contributed by atoms with Crippen LogP contribution in [0.4, 0.5) is 5.69 Å². The summed E-state index contributed by atoms with van der Waals surface area (Å²) in [6.45, 7) is 1.19. The molecule has 2 fully saturated rings. The summed E-state index contributed by atoms with van der Waals surface area (Å²) >= 11 is 0. The van der Waals surface area contributed by atoms with Crippen molar-refractivity contribution in [2.75, 3.05) is 24.5 Å². The Hall–Kier alpha value is -1.93. The van der Waals surface area contributed by atoms with Crippen LogP contribution in [0.2, 0.25) is 0 Å². The fraction of sp³-hybridized carbons (Fsp3) is 0.467. The molecule has 1 atom stereocenters. The summed E-state index contributed by atoms with van der Waals surface area (Å²) in [5.74, 6) is -1.96. The highest BCUT2D eigenvalue weighted by molar-refractivity contribution is 7.89. The summed E-state index contributed by atoms with van der Waals surface area (Å²) in [5.41, 5.74) is 0.527. The molecule has 2 saturated heterocycles. The molecular formula is C15H18N2O5S. The van der Waals surface area contributed by atoms with E-state index < -0.39 is 21.9 Å². The van der Waals surface area contributed by atoms with Crippen LogP contribution in [0.1, 0.15) is 19.3 Å². The van der Waals surface area contributed by atoms with Crippen LogP contribution in [-0.2, 0) is 19.6 Å². The van der Waals surface area contributed by atoms with Gasteiger partial charge in [-0.1, -0.05) is 0 Å². The van der Waals surface area contributed by atoms with Crippen molar-refractivity contribution in [3.05, 3.63) is 24.3 Å². The smallest absolute Gasteiger partial charge is 0.308 e. The number of rotatable bonds is 4. The number of hydrogen-bond donors (Lipinski definition) is 1. The molecule has 1 amide bonds. The number of hydrogen-bond acceptors (Lipinski definition) is 4. The van der Waals surface area contributed by atoms with Gasteiger partial charge < -0.3 is 10.0 Å². The van der Waals surface area contributed by atoms with Gasteiger partial charge in [-0.2, -0.15) is 4.31 Å². The Morgan fingerprint density at radius 2 is 1.74 bits per heavy atom. The van der Waals surface area contributed by atoms with Crippen LogP contribution >= 0.6 is 0 Å². The van der Waals surface area contributed by atoms with Crippen LogP contribution in [0.15, 0.2) is 29.2 Å². The van der Waals surface area contributed by atoms with Crippen molar-refractivity contribution in [1.29, 1.82) is 0 Å². The highest BCUT2D eigenvalue weighted by Crippen LogP contribution is 2.27. The first-order valence-electron chi connectivity index (χ1n) is 7.53. The Morgan fingerprint density at radius 1 is 1.13 bits per heavy atom. The van der Waals surface area contributed by atoms with Crippen LogP contribution in [0.5, 0.6) is 0 Å². The third-order valence-corrected chi connectivity index (χ3v) is 6.24. The molecule has 1 aromatic rings. The minimum Gasteiger partial charge on any atom is -0.481 e. The van der Waals surface area contributed by atoms with E-state index in [-0.39, 0.29) is 23.8 Å². The number of nitrogens with zero attached hydrogens (tertiary/aromatic N) is 2. The van der Waals surface area contributed by atoms with Crippen molar-refractivity contribution >= 4 is 27.6 Å². The average Bonchev–Trinajstić information content (AvgIpc) is 3.17. The summed E-state index contributed by atoms with van der Waals surface area (Å²) < 4.78 is 26.3. The summed E-state index contributed by atoms with van der Waals surface area (Å²) in [6, 6.07) is 6.07. The van der Waals surface area contributed by atoms with Gasteiger partial charge in [0.25, 0.3) is 0 Å². The van der Waals surface area contributed by atoms with Gasteiger partial charge in [0.15, 0.2) is 0 Å². The topological polar surface area (TPSA) is 95.0 Å². The third-order valence-electron chi connectivity index (χ3n) is 4.33. The largest absolute Gasteiger partial charge is 0.481 e. The molecule has 124 valence electrons. The first-order valence-corrected chi connectivity index (χ1v) is 8.97. The third kappa shape index (κ3) is 2.96. The second-order valence-electron chi connectivity index (χ2n) is 5.85. The Labute approximate surface area is 134 Å². The molecule has 8 heteroatoms. The van der Waals surface area contributed by atoms with Crippen LogP contribution in [-0.4, -0.2) is 49.3 Å². The number of aliphatic carboxylic acids is 1. The van der Waals surface area contributed by atoms with Crippen LogP contribution in [0.25, 0.3) is 0 Å². The van der Waals surface area contributed by atoms with Crippen molar-refractivity contribution in [1.82, 2.24) is 4.31 Å². The van der Waals surface area contributed by atoms with E-state index in [0.717, 1.165) is 12.8 Å². The summed E-state index contributed by atoms with van der Waals surface area (Å²) in [6.07, 6.45) is 1.72. The molecule has 1 aromatic carbocycles. The van der Waals surface area contributed by atoms with Crippen LogP contribution in [0.3, 0.4) is 0 Å². The number of sulfonamides is 1. The minimum absolute atomic E-state index is 0.0246. The maximum atomic E-state index is 12.4.